The summed E-state index contributed by atoms with van der Waals surface area (Å²) in [6.45, 7) is 5.34. The first kappa shape index (κ1) is 21.8. The molecule has 2 aromatic carbocycles. The summed E-state index contributed by atoms with van der Waals surface area (Å²) < 4.78 is 7.58. The van der Waals surface area contributed by atoms with Gasteiger partial charge in [-0.15, -0.1) is 0 Å². The standard InChI is InChI=1S/C27H24N2O5/c1-14-12-22(15(2)29(14)18-9-10-18)27(33)34-16(3)26(32)28-17-8-11-21-23(13-17)25(31)20-7-5-4-6-19(20)24(21)30/h4-8,11-13,16,18H,9-10H2,1-3H3,(H,28,32). The van der Waals surface area contributed by atoms with Crippen molar-refractivity contribution < 1.29 is 23.9 Å². The SMILES string of the molecule is Cc1cc(C(=O)OC(C)C(=O)Nc2ccc3c(c2)C(=O)c2ccccc2C3=O)c(C)n1C1CC1. The number of amides is 1. The van der Waals surface area contributed by atoms with Gasteiger partial charge in [-0.1, -0.05) is 24.3 Å². The van der Waals surface area contributed by atoms with Gasteiger partial charge in [-0.2, -0.15) is 0 Å². The summed E-state index contributed by atoms with van der Waals surface area (Å²) in [5.74, 6) is -1.58. The van der Waals surface area contributed by atoms with Crippen molar-refractivity contribution in [1.29, 1.82) is 0 Å². The molecule has 1 N–H and O–H groups in total. The van der Waals surface area contributed by atoms with Gasteiger partial charge < -0.3 is 14.6 Å². The van der Waals surface area contributed by atoms with Crippen LogP contribution < -0.4 is 5.32 Å². The molecule has 0 aliphatic heterocycles. The predicted octanol–water partition coefficient (Wildman–Crippen LogP) is 4.40. The van der Waals surface area contributed by atoms with Crippen molar-refractivity contribution in [2.45, 2.75) is 45.8 Å². The number of rotatable bonds is 5. The van der Waals surface area contributed by atoms with Crippen LogP contribution in [0, 0.1) is 13.8 Å². The minimum atomic E-state index is -1.05. The van der Waals surface area contributed by atoms with Crippen LogP contribution in [0.15, 0.2) is 48.5 Å². The summed E-state index contributed by atoms with van der Waals surface area (Å²) in [7, 11) is 0. The van der Waals surface area contributed by atoms with Gasteiger partial charge in [0.25, 0.3) is 5.91 Å². The van der Waals surface area contributed by atoms with E-state index >= 15 is 0 Å². The number of ether oxygens (including phenoxy) is 1. The van der Waals surface area contributed by atoms with Crippen LogP contribution in [-0.2, 0) is 9.53 Å². The molecular formula is C27H24N2O5. The second-order valence-corrected chi connectivity index (χ2v) is 8.89. The highest BCUT2D eigenvalue weighted by Crippen LogP contribution is 2.38. The van der Waals surface area contributed by atoms with Crippen LogP contribution in [0.1, 0.15) is 79.4 Å². The maximum Gasteiger partial charge on any atom is 0.340 e. The van der Waals surface area contributed by atoms with Crippen molar-refractivity contribution in [1.82, 2.24) is 4.57 Å². The lowest BCUT2D eigenvalue weighted by Crippen LogP contribution is -2.30. The maximum absolute atomic E-state index is 12.9. The molecule has 1 unspecified atom stereocenters. The number of hydrogen-bond acceptors (Lipinski definition) is 5. The number of anilines is 1. The number of esters is 1. The zero-order valence-electron chi connectivity index (χ0n) is 19.2. The fourth-order valence-electron chi connectivity index (χ4n) is 4.58. The second-order valence-electron chi connectivity index (χ2n) is 8.89. The fourth-order valence-corrected chi connectivity index (χ4v) is 4.58. The maximum atomic E-state index is 12.9. The Morgan fingerprint density at radius 3 is 2.21 bits per heavy atom. The van der Waals surface area contributed by atoms with Gasteiger partial charge in [0.2, 0.25) is 0 Å². The van der Waals surface area contributed by atoms with Gasteiger partial charge in [-0.3, -0.25) is 14.4 Å². The normalized spacial score (nSPS) is 15.4. The molecule has 1 saturated carbocycles. The summed E-state index contributed by atoms with van der Waals surface area (Å²) in [5, 5.41) is 2.68. The number of hydrogen-bond donors (Lipinski definition) is 1. The van der Waals surface area contributed by atoms with E-state index in [-0.39, 0.29) is 17.1 Å². The van der Waals surface area contributed by atoms with Gasteiger partial charge >= 0.3 is 5.97 Å². The van der Waals surface area contributed by atoms with Gasteiger partial charge in [-0.05, 0) is 57.9 Å². The molecule has 0 radical (unpaired) electrons. The number of carbonyl (C=O) groups is 4. The number of nitrogens with one attached hydrogen (secondary N) is 1. The molecule has 5 rings (SSSR count). The van der Waals surface area contributed by atoms with Crippen LogP contribution in [-0.4, -0.2) is 34.1 Å². The lowest BCUT2D eigenvalue weighted by Gasteiger charge is -2.19. The van der Waals surface area contributed by atoms with Gasteiger partial charge in [-0.25, -0.2) is 4.79 Å². The third kappa shape index (κ3) is 3.63. The van der Waals surface area contributed by atoms with Crippen molar-refractivity contribution >= 4 is 29.1 Å². The Hall–Kier alpha value is -4.00. The Bertz CT molecular complexity index is 1380. The van der Waals surface area contributed by atoms with Gasteiger partial charge in [0, 0.05) is 45.4 Å². The van der Waals surface area contributed by atoms with E-state index in [9.17, 15) is 19.2 Å². The van der Waals surface area contributed by atoms with Crippen LogP contribution in [0.4, 0.5) is 5.69 Å². The first-order valence-corrected chi connectivity index (χ1v) is 11.3. The topological polar surface area (TPSA) is 94.5 Å². The third-order valence-electron chi connectivity index (χ3n) is 6.46. The van der Waals surface area contributed by atoms with Gasteiger partial charge in [0.15, 0.2) is 17.7 Å². The number of aryl methyl sites for hydroxylation is 1. The molecule has 7 nitrogen and oxygen atoms in total. The Balaban J connectivity index is 1.30. The molecule has 1 aromatic heterocycles. The molecule has 0 saturated heterocycles. The molecule has 0 spiro atoms. The van der Waals surface area contributed by atoms with Crippen LogP contribution in [0.3, 0.4) is 0 Å². The van der Waals surface area contributed by atoms with E-state index in [1.807, 2.05) is 13.8 Å². The smallest absolute Gasteiger partial charge is 0.340 e. The fraction of sp³-hybridized carbons (Fsp3) is 0.259. The third-order valence-corrected chi connectivity index (χ3v) is 6.46. The van der Waals surface area contributed by atoms with E-state index in [1.54, 1.807) is 36.4 Å². The molecule has 3 aromatic rings. The molecule has 34 heavy (non-hydrogen) atoms. The zero-order chi connectivity index (χ0) is 24.1. The van der Waals surface area contributed by atoms with Crippen molar-refractivity contribution in [3.8, 4) is 0 Å². The number of fused-ring (bicyclic) bond motifs is 2. The average molecular weight is 456 g/mol. The van der Waals surface area contributed by atoms with Gasteiger partial charge in [0.05, 0.1) is 5.56 Å². The Kier molecular flexibility index (Phi) is 5.20. The Labute approximate surface area is 196 Å². The van der Waals surface area contributed by atoms with Crippen molar-refractivity contribution in [2.75, 3.05) is 5.32 Å². The summed E-state index contributed by atoms with van der Waals surface area (Å²) in [6, 6.07) is 13.5. The number of carbonyl (C=O) groups excluding carboxylic acids is 4. The van der Waals surface area contributed by atoms with Gasteiger partial charge in [0.1, 0.15) is 0 Å². The first-order valence-electron chi connectivity index (χ1n) is 11.3. The molecule has 2 aliphatic rings. The molecule has 1 heterocycles. The van der Waals surface area contributed by atoms with Crippen LogP contribution in [0.5, 0.6) is 0 Å². The van der Waals surface area contributed by atoms with Crippen molar-refractivity contribution in [2.24, 2.45) is 0 Å². The average Bonchev–Trinajstić information content (AvgIpc) is 3.61. The Morgan fingerprint density at radius 1 is 0.941 bits per heavy atom. The molecular weight excluding hydrogens is 432 g/mol. The Morgan fingerprint density at radius 2 is 1.56 bits per heavy atom. The molecule has 2 aliphatic carbocycles. The molecule has 172 valence electrons. The van der Waals surface area contributed by atoms with Crippen LogP contribution >= 0.6 is 0 Å². The van der Waals surface area contributed by atoms with E-state index in [0.29, 0.717) is 34.0 Å². The number of nitrogens with zero attached hydrogens (tertiary/aromatic N) is 1. The van der Waals surface area contributed by atoms with E-state index < -0.39 is 18.0 Å². The number of ketones is 2. The minimum absolute atomic E-state index is 0.228. The van der Waals surface area contributed by atoms with Crippen molar-refractivity contribution in [3.05, 3.63) is 87.7 Å². The zero-order valence-corrected chi connectivity index (χ0v) is 19.2. The molecule has 7 heteroatoms. The summed E-state index contributed by atoms with van der Waals surface area (Å²) in [4.78, 5) is 51.1. The van der Waals surface area contributed by atoms with Crippen LogP contribution in [0.2, 0.25) is 0 Å². The lowest BCUT2D eigenvalue weighted by atomic mass is 9.84. The highest BCUT2D eigenvalue weighted by atomic mass is 16.5. The predicted molar refractivity (Wildman–Crippen MR) is 125 cm³/mol. The summed E-state index contributed by atoms with van der Waals surface area (Å²) in [5.41, 5.74) is 3.90. The number of benzene rings is 2. The largest absolute Gasteiger partial charge is 0.449 e. The highest BCUT2D eigenvalue weighted by Gasteiger charge is 2.31. The van der Waals surface area contributed by atoms with Crippen LogP contribution in [0.25, 0.3) is 0 Å². The molecule has 1 amide bonds. The number of aromatic nitrogens is 1. The van der Waals surface area contributed by atoms with E-state index in [1.165, 1.54) is 19.1 Å². The molecule has 0 bridgehead atoms. The second kappa shape index (κ2) is 8.09. The highest BCUT2D eigenvalue weighted by molar-refractivity contribution is 6.28. The minimum Gasteiger partial charge on any atom is -0.449 e. The van der Waals surface area contributed by atoms with E-state index in [0.717, 1.165) is 24.2 Å². The van der Waals surface area contributed by atoms with E-state index in [4.69, 9.17) is 4.74 Å². The molecule has 1 fully saturated rings. The summed E-state index contributed by atoms with van der Waals surface area (Å²) in [6.07, 6.45) is 1.15. The first-order chi connectivity index (χ1) is 16.3. The molecule has 1 atom stereocenters. The summed E-state index contributed by atoms with van der Waals surface area (Å²) >= 11 is 0. The van der Waals surface area contributed by atoms with E-state index in [2.05, 4.69) is 9.88 Å². The quantitative estimate of drug-likeness (QED) is 0.449. The lowest BCUT2D eigenvalue weighted by molar-refractivity contribution is -0.123. The monoisotopic (exact) mass is 456 g/mol. The van der Waals surface area contributed by atoms with Crippen molar-refractivity contribution in [3.63, 3.8) is 0 Å².